The number of hydrogen-bond acceptors (Lipinski definition) is 8. The van der Waals surface area contributed by atoms with Crippen molar-refractivity contribution in [2.75, 3.05) is 19.1 Å². The molecule has 12 heteroatoms. The third kappa shape index (κ3) is 5.61. The molecule has 2 aromatic carbocycles. The van der Waals surface area contributed by atoms with Gasteiger partial charge in [-0.05, 0) is 54.1 Å². The van der Waals surface area contributed by atoms with Gasteiger partial charge < -0.3 is 19.1 Å². The van der Waals surface area contributed by atoms with Crippen molar-refractivity contribution >= 4 is 39.3 Å². The zero-order chi connectivity index (χ0) is 24.9. The molecule has 4 rings (SSSR count). The Morgan fingerprint density at radius 3 is 2.54 bits per heavy atom. The van der Waals surface area contributed by atoms with Gasteiger partial charge in [0.2, 0.25) is 5.95 Å². The number of nitrogens with zero attached hydrogens (tertiary/aromatic N) is 4. The molecule has 2 heterocycles. The molecule has 2 aromatic heterocycles. The summed E-state index contributed by atoms with van der Waals surface area (Å²) in [6.45, 7) is -0.0613. The number of aromatic amines is 1. The van der Waals surface area contributed by atoms with E-state index in [9.17, 15) is 14.7 Å². The van der Waals surface area contributed by atoms with Crippen LogP contribution < -0.4 is 26.1 Å². The van der Waals surface area contributed by atoms with E-state index in [0.29, 0.717) is 5.75 Å². The second kappa shape index (κ2) is 10.6. The van der Waals surface area contributed by atoms with Crippen LogP contribution in [0.15, 0.2) is 67.7 Å². The molecule has 3 N–H and O–H groups in total. The highest BCUT2D eigenvalue weighted by atomic mass is 79.9. The van der Waals surface area contributed by atoms with Crippen molar-refractivity contribution in [3.8, 4) is 11.5 Å². The number of rotatable bonds is 9. The average Bonchev–Trinajstić information content (AvgIpc) is 3.21. The molecule has 0 bridgehead atoms. The van der Waals surface area contributed by atoms with E-state index in [1.54, 1.807) is 37.6 Å². The zero-order valence-electron chi connectivity index (χ0n) is 18.9. The summed E-state index contributed by atoms with van der Waals surface area (Å²) in [6, 6.07) is 14.4. The molecular formula is C23H23BrN6O5. The van der Waals surface area contributed by atoms with Crippen LogP contribution >= 0.6 is 15.9 Å². The van der Waals surface area contributed by atoms with Gasteiger partial charge in [-0.1, -0.05) is 15.9 Å². The van der Waals surface area contributed by atoms with Gasteiger partial charge in [0.15, 0.2) is 11.2 Å². The summed E-state index contributed by atoms with van der Waals surface area (Å²) < 4.78 is 14.4. The Labute approximate surface area is 207 Å². The van der Waals surface area contributed by atoms with E-state index in [4.69, 9.17) is 9.47 Å². The maximum absolute atomic E-state index is 12.6. The van der Waals surface area contributed by atoms with Gasteiger partial charge in [0.25, 0.3) is 5.56 Å². The van der Waals surface area contributed by atoms with E-state index in [2.05, 4.69) is 36.4 Å². The van der Waals surface area contributed by atoms with Crippen LogP contribution in [0.3, 0.4) is 0 Å². The van der Waals surface area contributed by atoms with E-state index < -0.39 is 17.4 Å². The molecule has 0 aliphatic carbocycles. The minimum atomic E-state index is -0.987. The second-order valence-electron chi connectivity index (χ2n) is 7.60. The molecule has 0 saturated heterocycles. The number of aromatic nitrogens is 4. The Morgan fingerprint density at radius 1 is 1.17 bits per heavy atom. The monoisotopic (exact) mass is 542 g/mol. The summed E-state index contributed by atoms with van der Waals surface area (Å²) in [4.78, 5) is 31.3. The van der Waals surface area contributed by atoms with Crippen LogP contribution in [0.1, 0.15) is 5.56 Å². The van der Waals surface area contributed by atoms with Crippen LogP contribution in [-0.4, -0.2) is 50.2 Å². The number of nitrogens with one attached hydrogen (secondary N) is 2. The molecule has 1 atom stereocenters. The highest BCUT2D eigenvalue weighted by molar-refractivity contribution is 9.10. The van der Waals surface area contributed by atoms with Crippen molar-refractivity contribution in [3.63, 3.8) is 0 Å². The molecule has 182 valence electrons. The van der Waals surface area contributed by atoms with E-state index >= 15 is 0 Å². The molecule has 0 saturated carbocycles. The van der Waals surface area contributed by atoms with Gasteiger partial charge >= 0.3 is 5.69 Å². The standard InChI is InChI=1S/C23H23BrN6O5/c1-29-20-19(21(32)27-23(29)33)30(12-16(31)13-35-18-9-5-15(24)6-10-18)22(26-20)28-25-11-14-3-7-17(34-2)8-4-14/h3-11,16,31H,12-13H2,1-2H3,(H,26,28)(H,27,32,33)/b25-11+. The number of aliphatic hydroxyl groups excluding tert-OH is 1. The van der Waals surface area contributed by atoms with Gasteiger partial charge in [0.05, 0.1) is 19.9 Å². The van der Waals surface area contributed by atoms with Crippen molar-refractivity contribution in [2.24, 2.45) is 12.1 Å². The number of benzene rings is 2. The molecule has 4 aromatic rings. The number of ether oxygens (including phenoxy) is 2. The molecular weight excluding hydrogens is 520 g/mol. The number of hydrogen-bond donors (Lipinski definition) is 3. The normalized spacial score (nSPS) is 12.2. The Hall–Kier alpha value is -3.90. The molecule has 0 aliphatic heterocycles. The minimum absolute atomic E-state index is 0.0282. The summed E-state index contributed by atoms with van der Waals surface area (Å²) in [7, 11) is 3.08. The van der Waals surface area contributed by atoms with E-state index in [1.807, 2.05) is 24.3 Å². The minimum Gasteiger partial charge on any atom is -0.497 e. The predicted octanol–water partition coefficient (Wildman–Crippen LogP) is 2.08. The molecule has 0 spiro atoms. The lowest BCUT2D eigenvalue weighted by atomic mass is 10.2. The van der Waals surface area contributed by atoms with Crippen LogP contribution in [0.25, 0.3) is 11.2 Å². The van der Waals surface area contributed by atoms with Gasteiger partial charge in [-0.3, -0.25) is 14.3 Å². The topological polar surface area (TPSA) is 136 Å². The molecule has 1 unspecified atom stereocenters. The van der Waals surface area contributed by atoms with Crippen LogP contribution in [0.4, 0.5) is 5.95 Å². The Morgan fingerprint density at radius 2 is 1.86 bits per heavy atom. The first-order chi connectivity index (χ1) is 16.9. The molecule has 0 amide bonds. The van der Waals surface area contributed by atoms with Gasteiger partial charge in [0, 0.05) is 11.5 Å². The Balaban J connectivity index is 1.59. The number of imidazole rings is 1. The molecule has 0 fully saturated rings. The van der Waals surface area contributed by atoms with Gasteiger partial charge in [-0.15, -0.1) is 0 Å². The van der Waals surface area contributed by atoms with Crippen molar-refractivity contribution in [1.29, 1.82) is 0 Å². The molecule has 35 heavy (non-hydrogen) atoms. The number of methoxy groups -OCH3 is 1. The predicted molar refractivity (Wildman–Crippen MR) is 135 cm³/mol. The van der Waals surface area contributed by atoms with Crippen LogP contribution in [0.2, 0.25) is 0 Å². The fourth-order valence-corrected chi connectivity index (χ4v) is 3.60. The van der Waals surface area contributed by atoms with Crippen molar-refractivity contribution < 1.29 is 14.6 Å². The molecule has 11 nitrogen and oxygen atoms in total. The maximum atomic E-state index is 12.6. The Bertz CT molecular complexity index is 1460. The largest absolute Gasteiger partial charge is 0.497 e. The van der Waals surface area contributed by atoms with Crippen LogP contribution in [-0.2, 0) is 13.6 Å². The summed E-state index contributed by atoms with van der Waals surface area (Å²) >= 11 is 3.36. The van der Waals surface area contributed by atoms with Crippen molar-refractivity contribution in [3.05, 3.63) is 79.4 Å². The zero-order valence-corrected chi connectivity index (χ0v) is 20.5. The van der Waals surface area contributed by atoms with Gasteiger partial charge in [-0.25, -0.2) is 10.2 Å². The summed E-state index contributed by atoms with van der Waals surface area (Å²) in [5.74, 6) is 1.49. The first-order valence-electron chi connectivity index (χ1n) is 10.5. The number of fused-ring (bicyclic) bond motifs is 1. The maximum Gasteiger partial charge on any atom is 0.329 e. The van der Waals surface area contributed by atoms with Crippen LogP contribution in [0, 0.1) is 0 Å². The third-order valence-electron chi connectivity index (χ3n) is 5.15. The lowest BCUT2D eigenvalue weighted by Crippen LogP contribution is -2.30. The average molecular weight is 543 g/mol. The highest BCUT2D eigenvalue weighted by Crippen LogP contribution is 2.19. The number of aryl methyl sites for hydroxylation is 1. The molecule has 0 aliphatic rings. The first-order valence-corrected chi connectivity index (χ1v) is 11.3. The lowest BCUT2D eigenvalue weighted by molar-refractivity contribution is 0.0938. The quantitative estimate of drug-likeness (QED) is 0.217. The summed E-state index contributed by atoms with van der Waals surface area (Å²) in [6.07, 6.45) is 0.582. The third-order valence-corrected chi connectivity index (χ3v) is 5.68. The number of hydrazone groups is 1. The van der Waals surface area contributed by atoms with E-state index in [0.717, 1.165) is 15.8 Å². The van der Waals surface area contributed by atoms with Gasteiger partial charge in [-0.2, -0.15) is 10.1 Å². The summed E-state index contributed by atoms with van der Waals surface area (Å²) in [5.41, 5.74) is 2.66. The van der Waals surface area contributed by atoms with Gasteiger partial charge in [0.1, 0.15) is 24.2 Å². The van der Waals surface area contributed by atoms with E-state index in [1.165, 1.54) is 16.2 Å². The smallest absolute Gasteiger partial charge is 0.329 e. The number of H-pyrrole nitrogens is 1. The Kier molecular flexibility index (Phi) is 7.32. The number of anilines is 1. The van der Waals surface area contributed by atoms with Crippen molar-refractivity contribution in [1.82, 2.24) is 19.1 Å². The summed E-state index contributed by atoms with van der Waals surface area (Å²) in [5, 5.41) is 14.8. The number of aliphatic hydroxyl groups is 1. The highest BCUT2D eigenvalue weighted by Gasteiger charge is 2.20. The first kappa shape index (κ1) is 24.2. The number of halogens is 1. The van der Waals surface area contributed by atoms with Crippen molar-refractivity contribution in [2.45, 2.75) is 12.6 Å². The molecule has 0 radical (unpaired) electrons. The second-order valence-corrected chi connectivity index (χ2v) is 8.51. The van der Waals surface area contributed by atoms with E-state index in [-0.39, 0.29) is 30.3 Å². The van der Waals surface area contributed by atoms with Crippen LogP contribution in [0.5, 0.6) is 11.5 Å². The SMILES string of the molecule is COc1ccc(/C=N/Nc2nc3c(c(=O)[nH]c(=O)n3C)n2CC(O)COc2ccc(Br)cc2)cc1. The lowest BCUT2D eigenvalue weighted by Gasteiger charge is -2.15. The fourth-order valence-electron chi connectivity index (χ4n) is 3.34. The fraction of sp³-hybridized carbons (Fsp3) is 0.217.